The molecule has 2 heteroatoms. The van der Waals surface area contributed by atoms with Gasteiger partial charge in [0.1, 0.15) is 0 Å². The molecule has 1 aliphatic rings. The van der Waals surface area contributed by atoms with Crippen molar-refractivity contribution in [3.63, 3.8) is 0 Å². The molecular weight excluding hydrogens is 210 g/mol. The van der Waals surface area contributed by atoms with Gasteiger partial charge in [0, 0.05) is 11.1 Å². The zero-order chi connectivity index (χ0) is 12.9. The summed E-state index contributed by atoms with van der Waals surface area (Å²) in [7, 11) is 0. The Kier molecular flexibility index (Phi) is 5.46. The van der Waals surface area contributed by atoms with E-state index in [0.29, 0.717) is 0 Å². The molecule has 1 N–H and O–H groups in total. The van der Waals surface area contributed by atoms with E-state index in [1.165, 1.54) is 32.1 Å². The molecule has 0 aromatic rings. The predicted molar refractivity (Wildman–Crippen MR) is 72.7 cm³/mol. The van der Waals surface area contributed by atoms with Crippen molar-refractivity contribution in [2.24, 2.45) is 5.92 Å². The number of rotatable bonds is 6. The van der Waals surface area contributed by atoms with Crippen LogP contribution in [0, 0.1) is 5.92 Å². The summed E-state index contributed by atoms with van der Waals surface area (Å²) in [6.45, 7) is 9.38. The van der Waals surface area contributed by atoms with E-state index in [0.717, 1.165) is 18.8 Å². The molecule has 17 heavy (non-hydrogen) atoms. The van der Waals surface area contributed by atoms with Gasteiger partial charge in [0.2, 0.25) is 0 Å². The molecule has 0 spiro atoms. The lowest BCUT2D eigenvalue weighted by Gasteiger charge is -2.46. The van der Waals surface area contributed by atoms with Gasteiger partial charge in [-0.2, -0.15) is 0 Å². The molecule has 0 amide bonds. The Morgan fingerprint density at radius 3 is 2.00 bits per heavy atom. The van der Waals surface area contributed by atoms with Crippen LogP contribution in [-0.2, 0) is 5.11 Å². The maximum Gasteiger partial charge on any atom is 0.0822 e. The van der Waals surface area contributed by atoms with Crippen molar-refractivity contribution in [1.29, 1.82) is 0 Å². The molecule has 0 saturated carbocycles. The third kappa shape index (κ3) is 5.87. The number of nitrogens with one attached hydrogen (secondary N) is 1. The number of unbranched alkanes of at least 4 members (excludes halogenated alkanes) is 3. The maximum atomic E-state index is 10.4. The fourth-order valence-corrected chi connectivity index (χ4v) is 3.63. The molecule has 2 nitrogen and oxygen atoms in total. The summed E-state index contributed by atoms with van der Waals surface area (Å²) in [6.07, 6.45) is 8.46. The van der Waals surface area contributed by atoms with E-state index in [2.05, 4.69) is 33.0 Å². The molecule has 1 fully saturated rings. The Morgan fingerprint density at radius 1 is 0.941 bits per heavy atom. The third-order valence-electron chi connectivity index (χ3n) is 3.78. The second kappa shape index (κ2) is 6.19. The Morgan fingerprint density at radius 2 is 1.47 bits per heavy atom. The van der Waals surface area contributed by atoms with Gasteiger partial charge in [-0.3, -0.25) is 0 Å². The zero-order valence-corrected chi connectivity index (χ0v) is 12.1. The van der Waals surface area contributed by atoms with Crippen molar-refractivity contribution in [1.82, 2.24) is 5.32 Å². The van der Waals surface area contributed by atoms with E-state index in [1.54, 1.807) is 0 Å². The Bertz CT molecular complexity index is 207. The molecule has 1 saturated heterocycles. The van der Waals surface area contributed by atoms with Gasteiger partial charge in [-0.1, -0.05) is 25.7 Å². The zero-order valence-electron chi connectivity index (χ0n) is 12.1. The minimum Gasteiger partial charge on any atom is -0.307 e. The highest BCUT2D eigenvalue weighted by molar-refractivity contribution is 4.96. The summed E-state index contributed by atoms with van der Waals surface area (Å²) in [5.41, 5.74) is 0.558. The molecule has 0 aliphatic carbocycles. The van der Waals surface area contributed by atoms with E-state index < -0.39 is 0 Å². The van der Waals surface area contributed by atoms with Gasteiger partial charge < -0.3 is 5.32 Å². The SMILES string of the molecule is CC1(C)CC(CCCCCC[O])CC(C)(C)N1. The van der Waals surface area contributed by atoms with E-state index in [4.69, 9.17) is 0 Å². The second-order valence-corrected chi connectivity index (χ2v) is 7.07. The largest absolute Gasteiger partial charge is 0.307 e. The summed E-state index contributed by atoms with van der Waals surface area (Å²) in [6, 6.07) is 0. The molecule has 0 atom stereocenters. The quantitative estimate of drug-likeness (QED) is 0.701. The molecule has 1 rings (SSSR count). The van der Waals surface area contributed by atoms with Crippen molar-refractivity contribution in [3.05, 3.63) is 0 Å². The van der Waals surface area contributed by atoms with Crippen LogP contribution in [0.25, 0.3) is 0 Å². The first-order chi connectivity index (χ1) is 7.85. The highest BCUT2D eigenvalue weighted by Crippen LogP contribution is 2.35. The van der Waals surface area contributed by atoms with Crippen LogP contribution in [0.5, 0.6) is 0 Å². The molecule has 1 radical (unpaired) electrons. The van der Waals surface area contributed by atoms with E-state index in [1.807, 2.05) is 0 Å². The van der Waals surface area contributed by atoms with Crippen molar-refractivity contribution >= 4 is 0 Å². The van der Waals surface area contributed by atoms with Gasteiger partial charge in [0.15, 0.2) is 0 Å². The average molecular weight is 240 g/mol. The van der Waals surface area contributed by atoms with Crippen LogP contribution in [0.1, 0.15) is 72.6 Å². The highest BCUT2D eigenvalue weighted by atomic mass is 16.2. The molecule has 0 bridgehead atoms. The Labute approximate surface area is 107 Å². The second-order valence-electron chi connectivity index (χ2n) is 7.07. The molecule has 0 unspecified atom stereocenters. The van der Waals surface area contributed by atoms with Crippen LogP contribution in [0.4, 0.5) is 0 Å². The monoisotopic (exact) mass is 240 g/mol. The third-order valence-corrected chi connectivity index (χ3v) is 3.78. The number of hydrogen-bond acceptors (Lipinski definition) is 1. The smallest absolute Gasteiger partial charge is 0.0822 e. The lowest BCUT2D eigenvalue weighted by Crippen LogP contribution is -2.57. The first-order valence-corrected chi connectivity index (χ1v) is 7.22. The van der Waals surface area contributed by atoms with E-state index in [9.17, 15) is 5.11 Å². The average Bonchev–Trinajstić information content (AvgIpc) is 2.12. The van der Waals surface area contributed by atoms with Crippen LogP contribution >= 0.6 is 0 Å². The Balaban J connectivity index is 2.28. The van der Waals surface area contributed by atoms with Crippen LogP contribution in [0.2, 0.25) is 0 Å². The fraction of sp³-hybridized carbons (Fsp3) is 1.00. The van der Waals surface area contributed by atoms with Gasteiger partial charge in [0.25, 0.3) is 0 Å². The minimum absolute atomic E-state index is 0.105. The number of hydrogen-bond donors (Lipinski definition) is 1. The Hall–Kier alpha value is -0.0800. The van der Waals surface area contributed by atoms with Crippen molar-refractivity contribution in [2.75, 3.05) is 6.61 Å². The molecule has 101 valence electrons. The summed E-state index contributed by atoms with van der Waals surface area (Å²) >= 11 is 0. The van der Waals surface area contributed by atoms with Crippen molar-refractivity contribution in [2.45, 2.75) is 83.7 Å². The normalized spacial score (nSPS) is 23.8. The van der Waals surface area contributed by atoms with Gasteiger partial charge in [-0.15, -0.1) is 0 Å². The molecule has 0 aromatic heterocycles. The van der Waals surface area contributed by atoms with E-state index in [-0.39, 0.29) is 17.7 Å². The summed E-state index contributed by atoms with van der Waals surface area (Å²) in [5, 5.41) is 14.1. The number of piperidine rings is 1. The fourth-order valence-electron chi connectivity index (χ4n) is 3.63. The molecule has 0 aromatic carbocycles. The minimum atomic E-state index is 0.105. The van der Waals surface area contributed by atoms with Gasteiger partial charge in [-0.25, -0.2) is 5.11 Å². The van der Waals surface area contributed by atoms with Crippen molar-refractivity contribution < 1.29 is 5.11 Å². The van der Waals surface area contributed by atoms with Crippen LogP contribution < -0.4 is 5.32 Å². The lowest BCUT2D eigenvalue weighted by molar-refractivity contribution is 0.121. The van der Waals surface area contributed by atoms with Gasteiger partial charge in [0.05, 0.1) is 6.61 Å². The van der Waals surface area contributed by atoms with E-state index >= 15 is 0 Å². The van der Waals surface area contributed by atoms with Crippen LogP contribution in [0.15, 0.2) is 0 Å². The summed E-state index contributed by atoms with van der Waals surface area (Å²) < 4.78 is 0. The highest BCUT2D eigenvalue weighted by Gasteiger charge is 2.36. The van der Waals surface area contributed by atoms with Crippen LogP contribution in [0.3, 0.4) is 0 Å². The standard InChI is InChI=1S/C15H30NO/c1-14(2)11-13(12-15(3,4)16-14)9-7-5-6-8-10-17/h13,16H,5-12H2,1-4H3. The summed E-state index contributed by atoms with van der Waals surface area (Å²) in [5.74, 6) is 0.855. The first kappa shape index (κ1) is 15.0. The summed E-state index contributed by atoms with van der Waals surface area (Å²) in [4.78, 5) is 0. The molecule has 1 aliphatic heterocycles. The maximum absolute atomic E-state index is 10.4. The van der Waals surface area contributed by atoms with Crippen LogP contribution in [-0.4, -0.2) is 17.7 Å². The molecular formula is C15H30NO. The van der Waals surface area contributed by atoms with Crippen molar-refractivity contribution in [3.8, 4) is 0 Å². The molecule has 1 heterocycles. The topological polar surface area (TPSA) is 31.9 Å². The lowest BCUT2D eigenvalue weighted by atomic mass is 9.74. The van der Waals surface area contributed by atoms with Gasteiger partial charge in [-0.05, 0) is 52.9 Å². The predicted octanol–water partition coefficient (Wildman–Crippen LogP) is 3.92. The first-order valence-electron chi connectivity index (χ1n) is 7.22. The van der Waals surface area contributed by atoms with Gasteiger partial charge >= 0.3 is 0 Å².